The Labute approximate surface area is 173 Å². The van der Waals surface area contributed by atoms with Crippen LogP contribution >= 0.6 is 0 Å². The van der Waals surface area contributed by atoms with E-state index in [0.717, 1.165) is 11.1 Å². The molecule has 0 saturated carbocycles. The Bertz CT molecular complexity index is 1320. The first-order valence-corrected chi connectivity index (χ1v) is 10.7. The van der Waals surface area contributed by atoms with Gasteiger partial charge in [0, 0.05) is 36.4 Å². The fourth-order valence-corrected chi connectivity index (χ4v) is 4.60. The second kappa shape index (κ2) is 7.85. The molecule has 0 radical (unpaired) electrons. The number of hydrogen-bond donors (Lipinski definition) is 2. The number of fused-ring (bicyclic) bond motifs is 1. The number of aryl methyl sites for hydroxylation is 1. The van der Waals surface area contributed by atoms with Crippen molar-refractivity contribution in [1.29, 1.82) is 0 Å². The molecule has 30 heavy (non-hydrogen) atoms. The third-order valence-corrected chi connectivity index (χ3v) is 6.37. The van der Waals surface area contributed by atoms with Crippen LogP contribution < -0.4 is 10.6 Å². The van der Waals surface area contributed by atoms with Gasteiger partial charge in [-0.05, 0) is 55.9 Å². The van der Waals surface area contributed by atoms with E-state index in [-0.39, 0.29) is 10.7 Å². The van der Waals surface area contributed by atoms with Crippen LogP contribution in [0.3, 0.4) is 0 Å². The van der Waals surface area contributed by atoms with Crippen LogP contribution in [0, 0.1) is 12.7 Å². The van der Waals surface area contributed by atoms with Gasteiger partial charge in [-0.15, -0.1) is 0 Å². The van der Waals surface area contributed by atoms with Crippen molar-refractivity contribution in [3.8, 4) is 0 Å². The minimum Gasteiger partial charge on any atom is -0.354 e. The Morgan fingerprint density at radius 3 is 2.70 bits per heavy atom. The molecule has 7 nitrogen and oxygen atoms in total. The molecule has 0 aliphatic rings. The normalized spacial score (nSPS) is 11.7. The number of benzene rings is 1. The lowest BCUT2D eigenvalue weighted by Gasteiger charge is -2.11. The van der Waals surface area contributed by atoms with Gasteiger partial charge in [0.1, 0.15) is 10.7 Å². The van der Waals surface area contributed by atoms with E-state index in [1.807, 2.05) is 0 Å². The monoisotopic (exact) mass is 425 g/mol. The fraction of sp³-hybridized carbons (Fsp3) is 0.143. The Morgan fingerprint density at radius 2 is 2.00 bits per heavy atom. The highest BCUT2D eigenvalue weighted by Crippen LogP contribution is 2.28. The summed E-state index contributed by atoms with van der Waals surface area (Å²) < 4.78 is 41.1. The van der Waals surface area contributed by atoms with Crippen LogP contribution in [0.15, 0.2) is 66.1 Å². The third-order valence-electron chi connectivity index (χ3n) is 4.71. The summed E-state index contributed by atoms with van der Waals surface area (Å²) in [6.07, 6.45) is 6.04. The number of nitrogens with one attached hydrogen (secondary N) is 2. The van der Waals surface area contributed by atoms with Gasteiger partial charge in [-0.1, -0.05) is 0 Å². The van der Waals surface area contributed by atoms with Crippen LogP contribution in [0.1, 0.15) is 11.1 Å². The van der Waals surface area contributed by atoms with E-state index in [1.165, 1.54) is 34.6 Å². The van der Waals surface area contributed by atoms with Gasteiger partial charge in [0.2, 0.25) is 0 Å². The maximum Gasteiger partial charge on any atom is 0.269 e. The Kier molecular flexibility index (Phi) is 5.23. The number of pyridine rings is 2. The molecule has 0 amide bonds. The molecule has 0 aliphatic carbocycles. The maximum absolute atomic E-state index is 13.4. The van der Waals surface area contributed by atoms with Crippen LogP contribution in [0.2, 0.25) is 0 Å². The van der Waals surface area contributed by atoms with Crippen molar-refractivity contribution in [1.82, 2.24) is 19.3 Å². The summed E-state index contributed by atoms with van der Waals surface area (Å²) in [5.74, 6) is -0.320. The van der Waals surface area contributed by atoms with E-state index < -0.39 is 10.0 Å². The second-order valence-corrected chi connectivity index (χ2v) is 8.67. The summed E-state index contributed by atoms with van der Waals surface area (Å²) in [5, 5.41) is 6.22. The van der Waals surface area contributed by atoms with Gasteiger partial charge in [-0.3, -0.25) is 9.97 Å². The number of rotatable bonds is 6. The van der Waals surface area contributed by atoms with Gasteiger partial charge in [0.05, 0.1) is 22.9 Å². The fourth-order valence-electron chi connectivity index (χ4n) is 3.26. The lowest BCUT2D eigenvalue weighted by Crippen LogP contribution is -2.12. The summed E-state index contributed by atoms with van der Waals surface area (Å²) in [7, 11) is -2.07. The molecule has 9 heteroatoms. The number of nitrogens with zero attached hydrogens (tertiary/aromatic N) is 3. The van der Waals surface area contributed by atoms with Crippen molar-refractivity contribution in [2.24, 2.45) is 0 Å². The van der Waals surface area contributed by atoms with Gasteiger partial charge >= 0.3 is 0 Å². The summed E-state index contributed by atoms with van der Waals surface area (Å²) >= 11 is 0. The maximum atomic E-state index is 13.4. The predicted octanol–water partition coefficient (Wildman–Crippen LogP) is 3.58. The second-order valence-electron chi connectivity index (χ2n) is 6.85. The van der Waals surface area contributed by atoms with Crippen molar-refractivity contribution >= 4 is 32.4 Å². The zero-order chi connectivity index (χ0) is 21.3. The van der Waals surface area contributed by atoms with E-state index in [0.29, 0.717) is 29.0 Å². The SMILES string of the molecule is CNCc1cn(S(=O)(=O)c2cccnc2)c2cc(Nc3ccc(F)cc3C)cnc12. The van der Waals surface area contributed by atoms with E-state index in [9.17, 15) is 12.8 Å². The Hall–Kier alpha value is -3.30. The first-order chi connectivity index (χ1) is 14.4. The molecule has 0 bridgehead atoms. The first kappa shape index (κ1) is 20.0. The molecule has 0 unspecified atom stereocenters. The topological polar surface area (TPSA) is 88.9 Å². The Balaban J connectivity index is 1.85. The molecule has 0 aliphatic heterocycles. The molecule has 0 saturated heterocycles. The summed E-state index contributed by atoms with van der Waals surface area (Å²) in [4.78, 5) is 8.51. The van der Waals surface area contributed by atoms with E-state index in [2.05, 4.69) is 20.6 Å². The van der Waals surface area contributed by atoms with Crippen molar-refractivity contribution in [3.05, 3.63) is 78.1 Å². The number of aromatic nitrogens is 3. The molecule has 0 atom stereocenters. The van der Waals surface area contributed by atoms with Crippen LogP contribution in [-0.4, -0.2) is 29.4 Å². The number of halogens is 1. The van der Waals surface area contributed by atoms with Crippen LogP contribution in [0.4, 0.5) is 15.8 Å². The number of hydrogen-bond acceptors (Lipinski definition) is 6. The summed E-state index contributed by atoms with van der Waals surface area (Å²) in [6.45, 7) is 2.25. The highest BCUT2D eigenvalue weighted by Gasteiger charge is 2.22. The molecule has 4 aromatic rings. The van der Waals surface area contributed by atoms with Gasteiger partial charge in [-0.2, -0.15) is 0 Å². The van der Waals surface area contributed by atoms with Crippen LogP contribution in [0.25, 0.3) is 11.0 Å². The molecule has 1 aromatic carbocycles. The zero-order valence-electron chi connectivity index (χ0n) is 16.4. The number of anilines is 2. The molecule has 0 spiro atoms. The first-order valence-electron chi connectivity index (χ1n) is 9.23. The highest BCUT2D eigenvalue weighted by molar-refractivity contribution is 7.90. The molecular formula is C21H20FN5O2S. The van der Waals surface area contributed by atoms with Crippen LogP contribution in [-0.2, 0) is 16.6 Å². The quantitative estimate of drug-likeness (QED) is 0.491. The van der Waals surface area contributed by atoms with Crippen molar-refractivity contribution in [3.63, 3.8) is 0 Å². The largest absolute Gasteiger partial charge is 0.354 e. The van der Waals surface area contributed by atoms with Gasteiger partial charge in [0.15, 0.2) is 0 Å². The summed E-state index contributed by atoms with van der Waals surface area (Å²) in [5.41, 5.74) is 3.80. The van der Waals surface area contributed by atoms with Gasteiger partial charge in [-0.25, -0.2) is 16.8 Å². The lowest BCUT2D eigenvalue weighted by atomic mass is 10.2. The van der Waals surface area contributed by atoms with Gasteiger partial charge in [0.25, 0.3) is 10.0 Å². The van der Waals surface area contributed by atoms with E-state index in [4.69, 9.17) is 0 Å². The highest BCUT2D eigenvalue weighted by atomic mass is 32.2. The summed E-state index contributed by atoms with van der Waals surface area (Å²) in [6, 6.07) is 9.22. The molecule has 2 N–H and O–H groups in total. The average molecular weight is 425 g/mol. The minimum absolute atomic E-state index is 0.0886. The molecular weight excluding hydrogens is 405 g/mol. The van der Waals surface area contributed by atoms with Crippen LogP contribution in [0.5, 0.6) is 0 Å². The van der Waals surface area contributed by atoms with E-state index >= 15 is 0 Å². The standard InChI is InChI=1S/C21H20FN5O2S/c1-14-8-16(22)5-6-19(14)26-17-9-20-21(25-11-17)15(10-23-2)13-27(20)30(28,29)18-4-3-7-24-12-18/h3-9,11-13,23,26H,10H2,1-2H3. The molecule has 0 fully saturated rings. The third kappa shape index (κ3) is 3.64. The smallest absolute Gasteiger partial charge is 0.269 e. The molecule has 4 rings (SSSR count). The van der Waals surface area contributed by atoms with Crippen molar-refractivity contribution < 1.29 is 12.8 Å². The molecule has 3 aromatic heterocycles. The van der Waals surface area contributed by atoms with Gasteiger partial charge < -0.3 is 10.6 Å². The van der Waals surface area contributed by atoms with Crippen molar-refractivity contribution in [2.45, 2.75) is 18.4 Å². The Morgan fingerprint density at radius 1 is 1.17 bits per heavy atom. The molecule has 154 valence electrons. The minimum atomic E-state index is -3.86. The predicted molar refractivity (Wildman–Crippen MR) is 114 cm³/mol. The lowest BCUT2D eigenvalue weighted by molar-refractivity contribution is 0.588. The van der Waals surface area contributed by atoms with E-state index in [1.54, 1.807) is 44.6 Å². The molecule has 3 heterocycles. The average Bonchev–Trinajstić information content (AvgIpc) is 3.10. The zero-order valence-corrected chi connectivity index (χ0v) is 17.2. The van der Waals surface area contributed by atoms with Crippen molar-refractivity contribution in [2.75, 3.05) is 12.4 Å².